The highest BCUT2D eigenvalue weighted by molar-refractivity contribution is 6.31. The number of anilines is 1. The number of ether oxygens (including phenoxy) is 2. The van der Waals surface area contributed by atoms with Crippen LogP contribution in [0.5, 0.6) is 11.5 Å². The van der Waals surface area contributed by atoms with Crippen LogP contribution in [0, 0.1) is 5.92 Å². The molecule has 0 atom stereocenters. The molecule has 1 fully saturated rings. The number of rotatable bonds is 6. The highest BCUT2D eigenvalue weighted by atomic mass is 35.5. The van der Waals surface area contributed by atoms with E-state index in [0.717, 1.165) is 48.5 Å². The van der Waals surface area contributed by atoms with E-state index in [1.165, 1.54) is 0 Å². The molecule has 0 unspecified atom stereocenters. The summed E-state index contributed by atoms with van der Waals surface area (Å²) in [5, 5.41) is 3.73. The number of benzene rings is 2. The number of nitrogens with zero attached hydrogens (tertiary/aromatic N) is 2. The third kappa shape index (κ3) is 4.16. The molecule has 1 amide bonds. The van der Waals surface area contributed by atoms with E-state index < -0.39 is 0 Å². The van der Waals surface area contributed by atoms with Gasteiger partial charge in [-0.2, -0.15) is 0 Å². The molecule has 0 spiro atoms. The van der Waals surface area contributed by atoms with Crippen molar-refractivity contribution in [3.8, 4) is 11.5 Å². The maximum atomic E-state index is 12.7. The number of fused-ring (bicyclic) bond motifs is 1. The number of carbonyl (C=O) groups excluding carboxylic acids is 1. The topological polar surface area (TPSA) is 79.5 Å². The van der Waals surface area contributed by atoms with Gasteiger partial charge in [0.15, 0.2) is 11.5 Å². The number of amides is 1. The molecule has 0 saturated carbocycles. The zero-order chi connectivity index (χ0) is 21.1. The van der Waals surface area contributed by atoms with Gasteiger partial charge in [-0.25, -0.2) is 4.98 Å². The first kappa shape index (κ1) is 20.3. The first-order valence-corrected chi connectivity index (χ1v) is 10.3. The van der Waals surface area contributed by atoms with Crippen molar-refractivity contribution >= 4 is 34.5 Å². The number of methoxy groups -OCH3 is 2. The van der Waals surface area contributed by atoms with Crippen LogP contribution in [0.4, 0.5) is 5.95 Å². The Balaban J connectivity index is 1.34. The van der Waals surface area contributed by atoms with Crippen LogP contribution in [0.2, 0.25) is 5.02 Å². The summed E-state index contributed by atoms with van der Waals surface area (Å²) < 4.78 is 10.8. The van der Waals surface area contributed by atoms with Crippen LogP contribution < -0.4 is 19.7 Å². The van der Waals surface area contributed by atoms with Crippen molar-refractivity contribution in [1.82, 2.24) is 15.3 Å². The van der Waals surface area contributed by atoms with E-state index in [9.17, 15) is 4.79 Å². The van der Waals surface area contributed by atoms with Crippen molar-refractivity contribution in [3.63, 3.8) is 0 Å². The quantitative estimate of drug-likeness (QED) is 0.624. The summed E-state index contributed by atoms with van der Waals surface area (Å²) >= 11 is 6.06. The number of piperidine rings is 1. The van der Waals surface area contributed by atoms with Crippen LogP contribution in [0.1, 0.15) is 18.4 Å². The second-order valence-electron chi connectivity index (χ2n) is 7.35. The van der Waals surface area contributed by atoms with Crippen molar-refractivity contribution in [2.75, 3.05) is 32.2 Å². The lowest BCUT2D eigenvalue weighted by Gasteiger charge is -2.31. The smallest absolute Gasteiger partial charge is 0.223 e. The number of imidazole rings is 1. The Bertz CT molecular complexity index is 1040. The van der Waals surface area contributed by atoms with E-state index in [2.05, 4.69) is 20.2 Å². The number of nitrogens with one attached hydrogen (secondary N) is 2. The van der Waals surface area contributed by atoms with Crippen LogP contribution in [0.25, 0.3) is 11.0 Å². The maximum Gasteiger partial charge on any atom is 0.223 e. The molecule has 0 aliphatic carbocycles. The molecule has 0 bridgehead atoms. The number of aromatic amines is 1. The highest BCUT2D eigenvalue weighted by Crippen LogP contribution is 2.31. The lowest BCUT2D eigenvalue weighted by atomic mass is 9.96. The molecule has 7 nitrogen and oxygen atoms in total. The second kappa shape index (κ2) is 8.83. The minimum absolute atomic E-state index is 0.0170. The minimum Gasteiger partial charge on any atom is -0.493 e. The Morgan fingerprint density at radius 3 is 2.77 bits per heavy atom. The van der Waals surface area contributed by atoms with Crippen LogP contribution in [0.15, 0.2) is 36.4 Å². The molecule has 1 aliphatic heterocycles. The molecule has 3 aromatic rings. The largest absolute Gasteiger partial charge is 0.493 e. The molecule has 4 rings (SSSR count). The number of hydrogen-bond acceptors (Lipinski definition) is 5. The van der Waals surface area contributed by atoms with E-state index in [0.29, 0.717) is 23.1 Å². The number of aromatic nitrogens is 2. The van der Waals surface area contributed by atoms with Gasteiger partial charge in [0.05, 0.1) is 25.3 Å². The fourth-order valence-electron chi connectivity index (χ4n) is 3.89. The molecule has 2 N–H and O–H groups in total. The third-order valence-electron chi connectivity index (χ3n) is 5.53. The Kier molecular flexibility index (Phi) is 5.99. The molecule has 1 aromatic heterocycles. The Hall–Kier alpha value is -2.93. The fraction of sp³-hybridized carbons (Fsp3) is 0.364. The van der Waals surface area contributed by atoms with Crippen molar-refractivity contribution in [2.45, 2.75) is 19.4 Å². The van der Waals surface area contributed by atoms with Gasteiger partial charge in [-0.1, -0.05) is 23.7 Å². The second-order valence-corrected chi connectivity index (χ2v) is 7.79. The van der Waals surface area contributed by atoms with Gasteiger partial charge in [-0.3, -0.25) is 4.79 Å². The van der Waals surface area contributed by atoms with Crippen LogP contribution in [-0.2, 0) is 11.3 Å². The van der Waals surface area contributed by atoms with Gasteiger partial charge >= 0.3 is 0 Å². The van der Waals surface area contributed by atoms with Crippen LogP contribution in [0.3, 0.4) is 0 Å². The SMILES string of the molecule is COc1cccc(CNC(=O)C2CCN(c3nc4ccc(Cl)cc4[nH]3)CC2)c1OC. The predicted molar refractivity (Wildman–Crippen MR) is 117 cm³/mol. The van der Waals surface area contributed by atoms with Gasteiger partial charge in [0.2, 0.25) is 11.9 Å². The van der Waals surface area contributed by atoms with Gasteiger partial charge in [0.1, 0.15) is 0 Å². The van der Waals surface area contributed by atoms with E-state index in [1.807, 2.05) is 36.4 Å². The zero-order valence-electron chi connectivity index (χ0n) is 17.1. The standard InChI is InChI=1S/C22H25ClN4O3/c1-29-19-5-3-4-15(20(19)30-2)13-24-21(28)14-8-10-27(11-9-14)22-25-17-7-6-16(23)12-18(17)26-22/h3-7,12,14H,8-11,13H2,1-2H3,(H,24,28)(H,25,26). The van der Waals surface area contributed by atoms with Crippen molar-refractivity contribution in [2.24, 2.45) is 5.92 Å². The first-order chi connectivity index (χ1) is 14.6. The molecule has 8 heteroatoms. The summed E-state index contributed by atoms with van der Waals surface area (Å²) in [6.45, 7) is 1.95. The van der Waals surface area contributed by atoms with Crippen LogP contribution in [-0.4, -0.2) is 43.2 Å². The molecule has 1 saturated heterocycles. The number of carbonyl (C=O) groups is 1. The summed E-state index contributed by atoms with van der Waals surface area (Å²) in [5.74, 6) is 2.18. The minimum atomic E-state index is -0.0170. The van der Waals surface area contributed by atoms with Crippen molar-refractivity contribution in [1.29, 1.82) is 0 Å². The summed E-state index contributed by atoms with van der Waals surface area (Å²) in [7, 11) is 3.20. The number of H-pyrrole nitrogens is 1. The lowest BCUT2D eigenvalue weighted by molar-refractivity contribution is -0.125. The van der Waals surface area contributed by atoms with E-state index in [1.54, 1.807) is 14.2 Å². The molecule has 30 heavy (non-hydrogen) atoms. The predicted octanol–water partition coefficient (Wildman–Crippen LogP) is 3.77. The van der Waals surface area contributed by atoms with Gasteiger partial charge in [-0.15, -0.1) is 0 Å². The average molecular weight is 429 g/mol. The molecule has 1 aliphatic rings. The molecule has 0 radical (unpaired) electrons. The maximum absolute atomic E-state index is 12.7. The van der Waals surface area contributed by atoms with Gasteiger partial charge in [-0.05, 0) is 37.1 Å². The summed E-state index contributed by atoms with van der Waals surface area (Å²) in [4.78, 5) is 22.9. The summed E-state index contributed by atoms with van der Waals surface area (Å²) in [6, 6.07) is 11.3. The van der Waals surface area contributed by atoms with Gasteiger partial charge in [0.25, 0.3) is 0 Å². The van der Waals surface area contributed by atoms with E-state index >= 15 is 0 Å². The molecular formula is C22H25ClN4O3. The number of para-hydroxylation sites is 1. The van der Waals surface area contributed by atoms with E-state index in [-0.39, 0.29) is 11.8 Å². The normalized spacial score (nSPS) is 14.7. The summed E-state index contributed by atoms with van der Waals surface area (Å²) in [6.07, 6.45) is 1.55. The number of hydrogen-bond donors (Lipinski definition) is 2. The van der Waals surface area contributed by atoms with E-state index in [4.69, 9.17) is 21.1 Å². The molecule has 158 valence electrons. The first-order valence-electron chi connectivity index (χ1n) is 9.97. The van der Waals surface area contributed by atoms with Crippen molar-refractivity contribution in [3.05, 3.63) is 47.0 Å². The van der Waals surface area contributed by atoms with Gasteiger partial charge in [0, 0.05) is 36.1 Å². The average Bonchev–Trinajstić information content (AvgIpc) is 3.20. The highest BCUT2D eigenvalue weighted by Gasteiger charge is 2.26. The van der Waals surface area contributed by atoms with Crippen LogP contribution >= 0.6 is 11.6 Å². The number of halogens is 1. The monoisotopic (exact) mass is 428 g/mol. The fourth-order valence-corrected chi connectivity index (χ4v) is 4.06. The Morgan fingerprint density at radius 1 is 1.23 bits per heavy atom. The Morgan fingerprint density at radius 2 is 2.03 bits per heavy atom. The Labute approximate surface area is 180 Å². The lowest BCUT2D eigenvalue weighted by Crippen LogP contribution is -2.40. The molecule has 2 heterocycles. The third-order valence-corrected chi connectivity index (χ3v) is 5.77. The molecule has 2 aromatic carbocycles. The molecular weight excluding hydrogens is 404 g/mol. The summed E-state index contributed by atoms with van der Waals surface area (Å²) in [5.41, 5.74) is 2.70. The van der Waals surface area contributed by atoms with Gasteiger partial charge < -0.3 is 24.7 Å². The zero-order valence-corrected chi connectivity index (χ0v) is 17.8. The van der Waals surface area contributed by atoms with Crippen molar-refractivity contribution < 1.29 is 14.3 Å².